The van der Waals surface area contributed by atoms with E-state index in [0.29, 0.717) is 11.3 Å². The number of aromatic nitrogens is 1. The van der Waals surface area contributed by atoms with Gasteiger partial charge in [0.15, 0.2) is 0 Å². The number of pyridine rings is 1. The van der Waals surface area contributed by atoms with Crippen LogP contribution >= 0.6 is 0 Å². The van der Waals surface area contributed by atoms with Gasteiger partial charge < -0.3 is 14.9 Å². The van der Waals surface area contributed by atoms with Gasteiger partial charge in [-0.15, -0.1) is 0 Å². The van der Waals surface area contributed by atoms with Crippen LogP contribution in [0.4, 0.5) is 0 Å². The number of rotatable bonds is 5. The number of hydrogen-bond acceptors (Lipinski definition) is 5. The van der Waals surface area contributed by atoms with E-state index in [4.69, 9.17) is 10.3 Å². The third-order valence-electron chi connectivity index (χ3n) is 2.05. The largest absolute Gasteiger partial charge is 0.496 e. The Morgan fingerprint density at radius 2 is 2.38 bits per heavy atom. The van der Waals surface area contributed by atoms with Gasteiger partial charge in [-0.3, -0.25) is 4.98 Å². The molecule has 0 bridgehead atoms. The van der Waals surface area contributed by atoms with Crippen molar-refractivity contribution >= 4 is 0 Å². The number of aliphatic hydroxyl groups excluding tert-OH is 2. The molecular weight excluding hydrogens is 212 g/mol. The average molecular weight is 224 g/mol. The molecule has 0 fully saturated rings. The summed E-state index contributed by atoms with van der Waals surface area (Å²) in [4.78, 5) is 6.32. The monoisotopic (exact) mass is 224 g/mol. The number of aliphatic hydroxyl groups is 2. The van der Waals surface area contributed by atoms with Gasteiger partial charge in [0, 0.05) is 22.9 Å². The standard InChI is InChI=1S/C9H12N4O3/c1-16-8-2-3-11-4-6(8)9(15)7(14)5-12-13-10/h2-4,7,9,14-15H,5H2,1H3. The lowest BCUT2D eigenvalue weighted by atomic mass is 10.1. The molecule has 0 aromatic carbocycles. The number of nitrogens with zero attached hydrogens (tertiary/aromatic N) is 4. The second kappa shape index (κ2) is 5.92. The summed E-state index contributed by atoms with van der Waals surface area (Å²) in [5, 5.41) is 22.5. The molecule has 1 aromatic heterocycles. The summed E-state index contributed by atoms with van der Waals surface area (Å²) >= 11 is 0. The zero-order valence-corrected chi connectivity index (χ0v) is 8.69. The van der Waals surface area contributed by atoms with E-state index in [-0.39, 0.29) is 6.54 Å². The first kappa shape index (κ1) is 12.3. The first-order chi connectivity index (χ1) is 7.70. The molecule has 2 N–H and O–H groups in total. The number of methoxy groups -OCH3 is 1. The van der Waals surface area contributed by atoms with Gasteiger partial charge in [0.25, 0.3) is 0 Å². The van der Waals surface area contributed by atoms with Crippen LogP contribution in [0.15, 0.2) is 23.6 Å². The molecule has 0 saturated carbocycles. The number of ether oxygens (including phenoxy) is 1. The quantitative estimate of drug-likeness (QED) is 0.437. The highest BCUT2D eigenvalue weighted by molar-refractivity contribution is 5.32. The number of hydrogen-bond donors (Lipinski definition) is 2. The second-order valence-electron chi connectivity index (χ2n) is 3.04. The predicted molar refractivity (Wildman–Crippen MR) is 55.8 cm³/mol. The predicted octanol–water partition coefficient (Wildman–Crippen LogP) is 0.795. The van der Waals surface area contributed by atoms with Gasteiger partial charge in [-0.25, -0.2) is 0 Å². The third kappa shape index (κ3) is 2.83. The number of azide groups is 1. The van der Waals surface area contributed by atoms with E-state index in [1.54, 1.807) is 6.07 Å². The molecule has 2 unspecified atom stereocenters. The molecule has 0 saturated heterocycles. The molecule has 86 valence electrons. The molecule has 0 aliphatic rings. The molecule has 7 nitrogen and oxygen atoms in total. The van der Waals surface area contributed by atoms with E-state index in [1.807, 2.05) is 0 Å². The molecule has 7 heteroatoms. The Labute approximate surface area is 91.9 Å². The summed E-state index contributed by atoms with van der Waals surface area (Å²) in [5.41, 5.74) is 8.45. The van der Waals surface area contributed by atoms with E-state index < -0.39 is 12.2 Å². The summed E-state index contributed by atoms with van der Waals surface area (Å²) in [7, 11) is 1.45. The van der Waals surface area contributed by atoms with E-state index >= 15 is 0 Å². The third-order valence-corrected chi connectivity index (χ3v) is 2.05. The van der Waals surface area contributed by atoms with Crippen molar-refractivity contribution in [3.05, 3.63) is 34.5 Å². The molecule has 0 aliphatic heterocycles. The fourth-order valence-electron chi connectivity index (χ4n) is 1.23. The van der Waals surface area contributed by atoms with Crippen molar-refractivity contribution < 1.29 is 14.9 Å². The van der Waals surface area contributed by atoms with Crippen LogP contribution in [0.3, 0.4) is 0 Å². The SMILES string of the molecule is COc1ccncc1C(O)C(O)CN=[N+]=[N-]. The van der Waals surface area contributed by atoms with E-state index in [1.165, 1.54) is 19.5 Å². The Bertz CT molecular complexity index is 392. The molecule has 0 aliphatic carbocycles. The van der Waals surface area contributed by atoms with Crippen molar-refractivity contribution in [3.63, 3.8) is 0 Å². The Morgan fingerprint density at radius 1 is 1.62 bits per heavy atom. The Kier molecular flexibility index (Phi) is 4.53. The van der Waals surface area contributed by atoms with Gasteiger partial charge in [0.1, 0.15) is 11.9 Å². The Hall–Kier alpha value is -1.82. The maximum absolute atomic E-state index is 9.77. The molecular formula is C9H12N4O3. The van der Waals surface area contributed by atoms with Crippen LogP contribution in [0.5, 0.6) is 5.75 Å². The maximum Gasteiger partial charge on any atom is 0.127 e. The molecule has 1 rings (SSSR count). The molecule has 1 aromatic rings. The first-order valence-corrected chi connectivity index (χ1v) is 4.55. The van der Waals surface area contributed by atoms with Crippen molar-refractivity contribution in [2.45, 2.75) is 12.2 Å². The summed E-state index contributed by atoms with van der Waals surface area (Å²) in [6.45, 7) is -0.213. The Morgan fingerprint density at radius 3 is 3.00 bits per heavy atom. The average Bonchev–Trinajstić information content (AvgIpc) is 2.34. The molecule has 0 amide bonds. The van der Waals surface area contributed by atoms with Gasteiger partial charge >= 0.3 is 0 Å². The molecule has 0 radical (unpaired) electrons. The maximum atomic E-state index is 9.77. The van der Waals surface area contributed by atoms with Crippen LogP contribution in [-0.4, -0.2) is 35.0 Å². The van der Waals surface area contributed by atoms with Crippen LogP contribution in [-0.2, 0) is 0 Å². The van der Waals surface area contributed by atoms with Crippen molar-refractivity contribution in [1.29, 1.82) is 0 Å². The van der Waals surface area contributed by atoms with Crippen molar-refractivity contribution in [3.8, 4) is 5.75 Å². The van der Waals surface area contributed by atoms with E-state index in [2.05, 4.69) is 15.0 Å². The van der Waals surface area contributed by atoms with E-state index in [9.17, 15) is 10.2 Å². The molecule has 16 heavy (non-hydrogen) atoms. The van der Waals surface area contributed by atoms with E-state index in [0.717, 1.165) is 0 Å². The second-order valence-corrected chi connectivity index (χ2v) is 3.04. The van der Waals surface area contributed by atoms with Gasteiger partial charge in [0.2, 0.25) is 0 Å². The van der Waals surface area contributed by atoms with Crippen molar-refractivity contribution in [2.75, 3.05) is 13.7 Å². The van der Waals surface area contributed by atoms with Crippen LogP contribution in [0.1, 0.15) is 11.7 Å². The highest BCUT2D eigenvalue weighted by Crippen LogP contribution is 2.25. The fraction of sp³-hybridized carbons (Fsp3) is 0.444. The highest BCUT2D eigenvalue weighted by atomic mass is 16.5. The van der Waals surface area contributed by atoms with Crippen molar-refractivity contribution in [2.24, 2.45) is 5.11 Å². The molecule has 0 spiro atoms. The van der Waals surface area contributed by atoms with Gasteiger partial charge in [0.05, 0.1) is 19.8 Å². The fourth-order valence-corrected chi connectivity index (χ4v) is 1.23. The van der Waals surface area contributed by atoms with Gasteiger partial charge in [-0.2, -0.15) is 0 Å². The van der Waals surface area contributed by atoms with Crippen LogP contribution < -0.4 is 4.74 Å². The zero-order valence-electron chi connectivity index (χ0n) is 8.69. The first-order valence-electron chi connectivity index (χ1n) is 4.55. The topological polar surface area (TPSA) is 111 Å². The highest BCUT2D eigenvalue weighted by Gasteiger charge is 2.21. The summed E-state index contributed by atoms with van der Waals surface area (Å²) in [6.07, 6.45) is 0.514. The smallest absolute Gasteiger partial charge is 0.127 e. The molecule has 1 heterocycles. The normalized spacial score (nSPS) is 13.7. The lowest BCUT2D eigenvalue weighted by Crippen LogP contribution is -2.21. The minimum atomic E-state index is -1.20. The summed E-state index contributed by atoms with van der Waals surface area (Å²) in [6, 6.07) is 1.57. The lowest BCUT2D eigenvalue weighted by Gasteiger charge is -2.17. The van der Waals surface area contributed by atoms with Crippen LogP contribution in [0, 0.1) is 0 Å². The minimum absolute atomic E-state index is 0.213. The van der Waals surface area contributed by atoms with Crippen LogP contribution in [0.25, 0.3) is 10.4 Å². The van der Waals surface area contributed by atoms with Gasteiger partial charge in [-0.1, -0.05) is 5.11 Å². The lowest BCUT2D eigenvalue weighted by molar-refractivity contribution is 0.0228. The molecule has 2 atom stereocenters. The zero-order chi connectivity index (χ0) is 12.0. The Balaban J connectivity index is 2.86. The summed E-state index contributed by atoms with van der Waals surface area (Å²) < 4.78 is 5.01. The van der Waals surface area contributed by atoms with Crippen LogP contribution in [0.2, 0.25) is 0 Å². The minimum Gasteiger partial charge on any atom is -0.496 e. The van der Waals surface area contributed by atoms with Crippen molar-refractivity contribution in [1.82, 2.24) is 4.98 Å². The summed E-state index contributed by atoms with van der Waals surface area (Å²) in [5.74, 6) is 0.419. The van der Waals surface area contributed by atoms with Gasteiger partial charge in [-0.05, 0) is 11.6 Å².